The average Bonchev–Trinajstić information content (AvgIpc) is 3.85. The monoisotopic (exact) mass is 748 g/mol. The first-order chi connectivity index (χ1) is 27.7. The van der Waals surface area contributed by atoms with Gasteiger partial charge in [0.2, 0.25) is 0 Å². The lowest BCUT2D eigenvalue weighted by molar-refractivity contribution is -0.137. The molecule has 0 radical (unpaired) electrons. The van der Waals surface area contributed by atoms with E-state index in [1.807, 2.05) is 115 Å². The minimum absolute atomic E-state index is 0.00807. The topological polar surface area (TPSA) is 56.7 Å². The van der Waals surface area contributed by atoms with Crippen LogP contribution in [0.5, 0.6) is 0 Å². The minimum atomic E-state index is -4.79. The molecule has 1 aliphatic rings. The quantitative estimate of drug-likeness (QED) is 0.180. The van der Waals surface area contributed by atoms with Gasteiger partial charge in [0.05, 0.1) is 33.2 Å². The molecule has 0 unspecified atom stereocenters. The van der Waals surface area contributed by atoms with Gasteiger partial charge in [0.25, 0.3) is 0 Å². The molecule has 0 amide bonds. The first-order valence-electron chi connectivity index (χ1n) is 18.8. The lowest BCUT2D eigenvalue weighted by atomic mass is 9.82. The van der Waals surface area contributed by atoms with Gasteiger partial charge < -0.3 is 8.98 Å². The van der Waals surface area contributed by atoms with Crippen LogP contribution in [-0.2, 0) is 11.6 Å². The number of para-hydroxylation sites is 2. The van der Waals surface area contributed by atoms with Crippen LogP contribution >= 0.6 is 0 Å². The van der Waals surface area contributed by atoms with Crippen LogP contribution in [0.25, 0.3) is 94.7 Å². The van der Waals surface area contributed by atoms with Crippen molar-refractivity contribution < 1.29 is 17.6 Å². The van der Waals surface area contributed by atoms with Crippen molar-refractivity contribution in [3.05, 3.63) is 168 Å². The number of halogens is 3. The molecular weight excluding hydrogens is 718 g/mol. The molecule has 8 heteroatoms. The van der Waals surface area contributed by atoms with Crippen molar-refractivity contribution in [2.24, 2.45) is 0 Å². The first kappa shape index (κ1) is 33.3. The van der Waals surface area contributed by atoms with Gasteiger partial charge in [-0.25, -0.2) is 15.0 Å². The van der Waals surface area contributed by atoms with Crippen LogP contribution < -0.4 is 0 Å². The molecule has 3 aromatic heterocycles. The summed E-state index contributed by atoms with van der Waals surface area (Å²) >= 11 is 0. The van der Waals surface area contributed by atoms with Crippen molar-refractivity contribution in [2.75, 3.05) is 0 Å². The van der Waals surface area contributed by atoms with Gasteiger partial charge in [0.15, 0.2) is 17.5 Å². The molecule has 1 aliphatic carbocycles. The maximum absolute atomic E-state index is 16.1. The molecule has 0 spiro atoms. The zero-order valence-corrected chi connectivity index (χ0v) is 30.8. The highest BCUT2D eigenvalue weighted by atomic mass is 19.4. The Hall–Kier alpha value is -7.06. The number of rotatable bonds is 4. The Kier molecular flexibility index (Phi) is 6.99. The van der Waals surface area contributed by atoms with Crippen LogP contribution in [0, 0.1) is 0 Å². The second-order valence-electron chi connectivity index (χ2n) is 15.1. The Morgan fingerprint density at radius 1 is 0.526 bits per heavy atom. The van der Waals surface area contributed by atoms with Gasteiger partial charge in [-0.3, -0.25) is 0 Å². The number of hydrogen-bond donors (Lipinski definition) is 0. The van der Waals surface area contributed by atoms with E-state index in [4.69, 9.17) is 19.4 Å². The van der Waals surface area contributed by atoms with Gasteiger partial charge in [0, 0.05) is 32.7 Å². The number of alkyl halides is 3. The minimum Gasteiger partial charge on any atom is -0.455 e. The van der Waals surface area contributed by atoms with E-state index in [1.54, 1.807) is 10.6 Å². The highest BCUT2D eigenvalue weighted by Gasteiger charge is 2.40. The fourth-order valence-corrected chi connectivity index (χ4v) is 8.83. The van der Waals surface area contributed by atoms with Crippen LogP contribution in [0.3, 0.4) is 0 Å². The standard InChI is InChI=1S/C49H31F3N4O/c1-48(2)36-22-12-9-19-30(36)33-25-34-31-20-10-13-23-39(31)56(40(34)27-37(33)48)43-38(49(50,51)52)26-35(44-42(43)32-21-11-14-24-41(32)57-44)47-54-45(28-15-5-3-6-16-28)53-46(55-47)29-17-7-4-8-18-29/h3-27H,1-2H3. The average molecular weight is 749 g/mol. The van der Waals surface area contributed by atoms with Crippen molar-refractivity contribution in [1.82, 2.24) is 19.5 Å². The van der Waals surface area contributed by atoms with Gasteiger partial charge in [-0.05, 0) is 52.6 Å². The number of nitrogens with zero attached hydrogens (tertiary/aromatic N) is 4. The molecule has 0 atom stereocenters. The third-order valence-corrected chi connectivity index (χ3v) is 11.5. The summed E-state index contributed by atoms with van der Waals surface area (Å²) in [5.74, 6) is 0.741. The molecule has 0 saturated heterocycles. The SMILES string of the molecule is CC1(C)c2ccccc2-c2cc3c4ccccc4n(-c4c(C(F)(F)F)cc(-c5nc(-c6ccccc6)nc(-c6ccccc6)n5)c5oc6ccccc6c45)c3cc21. The first-order valence-corrected chi connectivity index (χ1v) is 18.8. The van der Waals surface area contributed by atoms with Crippen LogP contribution in [-0.4, -0.2) is 19.5 Å². The van der Waals surface area contributed by atoms with E-state index in [1.165, 1.54) is 5.56 Å². The molecule has 3 heterocycles. The maximum Gasteiger partial charge on any atom is 0.418 e. The molecule has 7 aromatic carbocycles. The van der Waals surface area contributed by atoms with Crippen molar-refractivity contribution in [2.45, 2.75) is 25.4 Å². The van der Waals surface area contributed by atoms with Crippen molar-refractivity contribution in [3.63, 3.8) is 0 Å². The van der Waals surface area contributed by atoms with Crippen LogP contribution in [0.15, 0.2) is 156 Å². The normalized spacial score (nSPS) is 13.5. The van der Waals surface area contributed by atoms with Crippen LogP contribution in [0.1, 0.15) is 30.5 Å². The van der Waals surface area contributed by atoms with Gasteiger partial charge in [0.1, 0.15) is 11.2 Å². The highest BCUT2D eigenvalue weighted by Crippen LogP contribution is 2.53. The van der Waals surface area contributed by atoms with E-state index in [9.17, 15) is 0 Å². The summed E-state index contributed by atoms with van der Waals surface area (Å²) < 4.78 is 56.7. The van der Waals surface area contributed by atoms with E-state index in [0.717, 1.165) is 33.5 Å². The van der Waals surface area contributed by atoms with Gasteiger partial charge in [-0.15, -0.1) is 0 Å². The number of benzene rings is 7. The Bertz CT molecular complexity index is 3200. The fourth-order valence-electron chi connectivity index (χ4n) is 8.83. The van der Waals surface area contributed by atoms with Crippen molar-refractivity contribution in [3.8, 4) is 51.0 Å². The Morgan fingerprint density at radius 2 is 1.12 bits per heavy atom. The molecule has 0 bridgehead atoms. The predicted octanol–water partition coefficient (Wildman–Crippen LogP) is 13.2. The molecule has 0 N–H and O–H groups in total. The highest BCUT2D eigenvalue weighted by molar-refractivity contribution is 6.18. The summed E-state index contributed by atoms with van der Waals surface area (Å²) in [4.78, 5) is 14.5. The summed E-state index contributed by atoms with van der Waals surface area (Å²) in [6, 6.07) is 47.4. The molecule has 5 nitrogen and oxygen atoms in total. The third-order valence-electron chi connectivity index (χ3n) is 11.5. The van der Waals surface area contributed by atoms with Crippen LogP contribution in [0.4, 0.5) is 13.2 Å². The Morgan fingerprint density at radius 3 is 1.82 bits per heavy atom. The lowest BCUT2D eigenvalue weighted by Crippen LogP contribution is -2.15. The second kappa shape index (κ2) is 12.0. The third kappa shape index (κ3) is 4.93. The van der Waals surface area contributed by atoms with Crippen LogP contribution in [0.2, 0.25) is 0 Å². The van der Waals surface area contributed by atoms with E-state index in [0.29, 0.717) is 50.2 Å². The number of furan rings is 1. The summed E-state index contributed by atoms with van der Waals surface area (Å²) in [6.07, 6.45) is -4.79. The summed E-state index contributed by atoms with van der Waals surface area (Å²) in [7, 11) is 0. The molecular formula is C49H31F3N4O. The molecule has 0 aliphatic heterocycles. The zero-order valence-electron chi connectivity index (χ0n) is 30.8. The maximum atomic E-state index is 16.1. The summed E-state index contributed by atoms with van der Waals surface area (Å²) in [5.41, 5.74) is 6.84. The van der Waals surface area contributed by atoms with Crippen molar-refractivity contribution in [1.29, 1.82) is 0 Å². The molecule has 274 valence electrons. The molecule has 10 aromatic rings. The fraction of sp³-hybridized carbons (Fsp3) is 0.0816. The van der Waals surface area contributed by atoms with Gasteiger partial charge in [-0.2, -0.15) is 13.2 Å². The Balaban J connectivity index is 1.28. The predicted molar refractivity (Wildman–Crippen MR) is 220 cm³/mol. The van der Waals surface area contributed by atoms with E-state index >= 15 is 13.2 Å². The molecule has 0 fully saturated rings. The second-order valence-corrected chi connectivity index (χ2v) is 15.1. The molecule has 11 rings (SSSR count). The lowest BCUT2D eigenvalue weighted by Gasteiger charge is -2.22. The van der Waals surface area contributed by atoms with Crippen molar-refractivity contribution >= 4 is 43.7 Å². The van der Waals surface area contributed by atoms with Gasteiger partial charge >= 0.3 is 6.18 Å². The largest absolute Gasteiger partial charge is 0.455 e. The summed E-state index contributed by atoms with van der Waals surface area (Å²) in [6.45, 7) is 4.35. The zero-order chi connectivity index (χ0) is 38.6. The van der Waals surface area contributed by atoms with E-state index in [2.05, 4.69) is 38.1 Å². The smallest absolute Gasteiger partial charge is 0.418 e. The number of aromatic nitrogens is 4. The summed E-state index contributed by atoms with van der Waals surface area (Å²) in [5, 5.41) is 2.60. The number of hydrogen-bond acceptors (Lipinski definition) is 4. The van der Waals surface area contributed by atoms with E-state index < -0.39 is 11.7 Å². The molecule has 57 heavy (non-hydrogen) atoms. The van der Waals surface area contributed by atoms with E-state index in [-0.39, 0.29) is 28.1 Å². The number of fused-ring (bicyclic) bond motifs is 9. The molecule has 0 saturated carbocycles. The Labute approximate surface area is 324 Å². The van der Waals surface area contributed by atoms with Gasteiger partial charge in [-0.1, -0.05) is 135 Å².